The Kier molecular flexibility index (Phi) is 5.94. The maximum Gasteiger partial charge on any atom is 0.334 e. The number of carbonyl (C=O) groups excluding carboxylic acids is 3. The van der Waals surface area contributed by atoms with E-state index in [0.29, 0.717) is 11.4 Å². The predicted octanol–water partition coefficient (Wildman–Crippen LogP) is 2.60. The number of nitrogens with one attached hydrogen (secondary N) is 2. The van der Waals surface area contributed by atoms with Gasteiger partial charge in [0.15, 0.2) is 5.76 Å². The monoisotopic (exact) mass is 344 g/mol. The first-order chi connectivity index (χ1) is 11.9. The van der Waals surface area contributed by atoms with Gasteiger partial charge in [-0.25, -0.2) is 4.79 Å². The fourth-order valence-electron chi connectivity index (χ4n) is 2.11. The quantitative estimate of drug-likeness (QED) is 0.620. The number of hydrogen-bond donors (Lipinski definition) is 2. The summed E-state index contributed by atoms with van der Waals surface area (Å²) >= 11 is 0. The Labute approximate surface area is 145 Å². The molecule has 2 N–H and O–H groups in total. The van der Waals surface area contributed by atoms with Gasteiger partial charge in [0.1, 0.15) is 11.8 Å². The van der Waals surface area contributed by atoms with Gasteiger partial charge < -0.3 is 19.8 Å². The van der Waals surface area contributed by atoms with Crippen LogP contribution in [0.25, 0.3) is 0 Å². The number of amides is 2. The molecule has 0 saturated carbocycles. The lowest BCUT2D eigenvalue weighted by Gasteiger charge is -2.20. The summed E-state index contributed by atoms with van der Waals surface area (Å²) in [6.45, 7) is 5.01. The Morgan fingerprint density at radius 2 is 1.76 bits per heavy atom. The summed E-state index contributed by atoms with van der Waals surface area (Å²) in [7, 11) is 0. The molecule has 0 aliphatic rings. The fourth-order valence-corrected chi connectivity index (χ4v) is 2.11. The molecule has 132 valence electrons. The summed E-state index contributed by atoms with van der Waals surface area (Å²) in [5, 5.41) is 5.23. The van der Waals surface area contributed by atoms with Gasteiger partial charge in [-0.05, 0) is 42.3 Å². The lowest BCUT2D eigenvalue weighted by molar-refractivity contribution is -0.137. The Hall–Kier alpha value is -3.09. The minimum atomic E-state index is -0.826. The van der Waals surface area contributed by atoms with Crippen molar-refractivity contribution in [2.75, 3.05) is 5.32 Å². The van der Waals surface area contributed by atoms with Crippen LogP contribution in [0.1, 0.15) is 31.3 Å². The topological polar surface area (TPSA) is 97.6 Å². The Morgan fingerprint density at radius 3 is 2.28 bits per heavy atom. The number of rotatable bonds is 6. The average molecular weight is 344 g/mol. The molecule has 0 bridgehead atoms. The minimum absolute atomic E-state index is 0.123. The number of furan rings is 1. The van der Waals surface area contributed by atoms with E-state index in [9.17, 15) is 14.4 Å². The minimum Gasteiger partial charge on any atom is -0.459 e. The van der Waals surface area contributed by atoms with E-state index in [-0.39, 0.29) is 17.6 Å². The maximum atomic E-state index is 12.4. The van der Waals surface area contributed by atoms with Crippen LogP contribution in [0.2, 0.25) is 0 Å². The lowest BCUT2D eigenvalue weighted by Crippen LogP contribution is -2.46. The normalized spacial score (nSPS) is 11.7. The third kappa shape index (κ3) is 5.20. The number of esters is 1. The zero-order valence-electron chi connectivity index (χ0n) is 14.2. The van der Waals surface area contributed by atoms with Crippen LogP contribution in [-0.2, 0) is 9.59 Å². The van der Waals surface area contributed by atoms with Crippen molar-refractivity contribution in [2.45, 2.75) is 26.8 Å². The third-order valence-corrected chi connectivity index (χ3v) is 3.35. The Morgan fingerprint density at radius 1 is 1.08 bits per heavy atom. The average Bonchev–Trinajstić information content (AvgIpc) is 3.08. The third-order valence-electron chi connectivity index (χ3n) is 3.35. The number of hydrogen-bond acceptors (Lipinski definition) is 5. The van der Waals surface area contributed by atoms with Gasteiger partial charge in [0.05, 0.1) is 6.26 Å². The van der Waals surface area contributed by atoms with Crippen LogP contribution in [0.4, 0.5) is 5.69 Å². The van der Waals surface area contributed by atoms with Gasteiger partial charge in [0, 0.05) is 12.6 Å². The van der Waals surface area contributed by atoms with Gasteiger partial charge in [-0.2, -0.15) is 0 Å². The molecule has 7 heteroatoms. The van der Waals surface area contributed by atoms with Gasteiger partial charge in [-0.15, -0.1) is 0 Å². The second kappa shape index (κ2) is 8.14. The number of anilines is 1. The van der Waals surface area contributed by atoms with E-state index in [1.165, 1.54) is 19.3 Å². The van der Waals surface area contributed by atoms with Crippen molar-refractivity contribution >= 4 is 23.5 Å². The SMILES string of the molecule is CC(=O)Nc1ccc(OC(=O)C(NC(=O)c2ccco2)C(C)C)cc1. The van der Waals surface area contributed by atoms with Gasteiger partial charge in [0.2, 0.25) is 5.91 Å². The van der Waals surface area contributed by atoms with Crippen LogP contribution in [-0.4, -0.2) is 23.8 Å². The first kappa shape index (κ1) is 18.3. The molecule has 1 heterocycles. The summed E-state index contributed by atoms with van der Waals surface area (Å²) in [5.41, 5.74) is 0.596. The zero-order chi connectivity index (χ0) is 18.4. The number of carbonyl (C=O) groups is 3. The van der Waals surface area contributed by atoms with E-state index in [1.54, 1.807) is 44.2 Å². The highest BCUT2D eigenvalue weighted by atomic mass is 16.5. The van der Waals surface area contributed by atoms with Gasteiger partial charge in [-0.1, -0.05) is 13.8 Å². The van der Waals surface area contributed by atoms with E-state index in [4.69, 9.17) is 9.15 Å². The summed E-state index contributed by atoms with van der Waals surface area (Å²) in [6.07, 6.45) is 1.38. The molecule has 7 nitrogen and oxygen atoms in total. The fraction of sp³-hybridized carbons (Fsp3) is 0.278. The van der Waals surface area contributed by atoms with Crippen LogP contribution >= 0.6 is 0 Å². The number of benzene rings is 1. The Balaban J connectivity index is 2.02. The molecule has 0 saturated heterocycles. The molecule has 2 amide bonds. The second-order valence-corrected chi connectivity index (χ2v) is 5.80. The van der Waals surface area contributed by atoms with Gasteiger partial charge in [0.25, 0.3) is 5.91 Å². The first-order valence-corrected chi connectivity index (χ1v) is 7.80. The van der Waals surface area contributed by atoms with Crippen LogP contribution < -0.4 is 15.4 Å². The maximum absolute atomic E-state index is 12.4. The van der Waals surface area contributed by atoms with Crippen LogP contribution in [0.15, 0.2) is 47.1 Å². The summed E-state index contributed by atoms with van der Waals surface area (Å²) in [5.74, 6) is -0.991. The van der Waals surface area contributed by atoms with Crippen LogP contribution in [0.3, 0.4) is 0 Å². The first-order valence-electron chi connectivity index (χ1n) is 7.80. The molecule has 0 fully saturated rings. The Bertz CT molecular complexity index is 735. The van der Waals surface area contributed by atoms with Crippen molar-refractivity contribution in [2.24, 2.45) is 5.92 Å². The highest BCUT2D eigenvalue weighted by molar-refractivity contribution is 5.95. The van der Waals surface area contributed by atoms with E-state index >= 15 is 0 Å². The predicted molar refractivity (Wildman–Crippen MR) is 91.2 cm³/mol. The van der Waals surface area contributed by atoms with Crippen molar-refractivity contribution in [3.05, 3.63) is 48.4 Å². The summed E-state index contributed by atoms with van der Waals surface area (Å²) in [4.78, 5) is 35.5. The highest BCUT2D eigenvalue weighted by Gasteiger charge is 2.27. The molecule has 1 atom stereocenters. The molecule has 1 aromatic carbocycles. The van der Waals surface area contributed by atoms with E-state index in [0.717, 1.165) is 0 Å². The molecular formula is C18H20N2O5. The number of ether oxygens (including phenoxy) is 1. The van der Waals surface area contributed by atoms with Gasteiger partial charge in [-0.3, -0.25) is 9.59 Å². The zero-order valence-corrected chi connectivity index (χ0v) is 14.2. The summed E-state index contributed by atoms with van der Waals surface area (Å²) < 4.78 is 10.3. The van der Waals surface area contributed by atoms with Crippen molar-refractivity contribution < 1.29 is 23.5 Å². The molecule has 0 aliphatic heterocycles. The molecule has 1 aromatic heterocycles. The summed E-state index contributed by atoms with van der Waals surface area (Å²) in [6, 6.07) is 8.65. The molecular weight excluding hydrogens is 324 g/mol. The standard InChI is InChI=1S/C18H20N2O5/c1-11(2)16(20-17(22)15-5-4-10-24-15)18(23)25-14-8-6-13(7-9-14)19-12(3)21/h4-11,16H,1-3H3,(H,19,21)(H,20,22). The van der Waals surface area contributed by atoms with E-state index in [2.05, 4.69) is 10.6 Å². The van der Waals surface area contributed by atoms with Crippen molar-refractivity contribution in [1.82, 2.24) is 5.32 Å². The lowest BCUT2D eigenvalue weighted by atomic mass is 10.0. The van der Waals surface area contributed by atoms with Gasteiger partial charge >= 0.3 is 5.97 Å². The molecule has 0 radical (unpaired) electrons. The highest BCUT2D eigenvalue weighted by Crippen LogP contribution is 2.17. The second-order valence-electron chi connectivity index (χ2n) is 5.80. The van der Waals surface area contributed by atoms with E-state index < -0.39 is 17.9 Å². The van der Waals surface area contributed by atoms with Crippen LogP contribution in [0.5, 0.6) is 5.75 Å². The van der Waals surface area contributed by atoms with Crippen molar-refractivity contribution in [3.63, 3.8) is 0 Å². The van der Waals surface area contributed by atoms with Crippen molar-refractivity contribution in [3.8, 4) is 5.75 Å². The molecule has 1 unspecified atom stereocenters. The molecule has 0 aliphatic carbocycles. The molecule has 2 rings (SSSR count). The molecule has 0 spiro atoms. The van der Waals surface area contributed by atoms with E-state index in [1.807, 2.05) is 0 Å². The van der Waals surface area contributed by atoms with Crippen molar-refractivity contribution in [1.29, 1.82) is 0 Å². The largest absolute Gasteiger partial charge is 0.459 e. The smallest absolute Gasteiger partial charge is 0.334 e. The molecule has 25 heavy (non-hydrogen) atoms. The molecule has 2 aromatic rings. The van der Waals surface area contributed by atoms with Crippen LogP contribution in [0, 0.1) is 5.92 Å².